The second kappa shape index (κ2) is 11.1. The Morgan fingerprint density at radius 2 is 1.59 bits per heavy atom. The first-order valence-electron chi connectivity index (χ1n) is 11.9. The molecule has 5 heteroatoms. The fourth-order valence-corrected chi connectivity index (χ4v) is 4.09. The van der Waals surface area contributed by atoms with E-state index in [1.54, 1.807) is 23.1 Å². The minimum Gasteiger partial charge on any atom is -0.506 e. The molecule has 180 valence electrons. The van der Waals surface area contributed by atoms with Gasteiger partial charge in [-0.2, -0.15) is 0 Å². The predicted octanol–water partition coefficient (Wildman–Crippen LogP) is 7.53. The minimum absolute atomic E-state index is 0.0305. The number of carbonyl (C=O) groups excluding carboxylic acids is 1. The van der Waals surface area contributed by atoms with E-state index in [-0.39, 0.29) is 17.4 Å². The van der Waals surface area contributed by atoms with Crippen molar-refractivity contribution in [1.82, 2.24) is 0 Å². The van der Waals surface area contributed by atoms with E-state index in [0.29, 0.717) is 29.2 Å². The summed E-state index contributed by atoms with van der Waals surface area (Å²) in [6, 6.07) is 8.39. The molecule has 1 aliphatic rings. The molecule has 34 heavy (non-hydrogen) atoms. The number of aryl methyl sites for hydroxylation is 1. The summed E-state index contributed by atoms with van der Waals surface area (Å²) >= 11 is 0. The first-order valence-corrected chi connectivity index (χ1v) is 11.9. The molecule has 0 aromatic heterocycles. The lowest BCUT2D eigenvalue weighted by Gasteiger charge is -2.23. The lowest BCUT2D eigenvalue weighted by Crippen LogP contribution is -2.30. The summed E-state index contributed by atoms with van der Waals surface area (Å²) in [5.74, 6) is -0.211. The molecule has 3 rings (SSSR count). The average molecular weight is 461 g/mol. The largest absolute Gasteiger partial charge is 0.506 e. The van der Waals surface area contributed by atoms with Gasteiger partial charge in [0.1, 0.15) is 17.2 Å². The van der Waals surface area contributed by atoms with Crippen LogP contribution in [0.3, 0.4) is 0 Å². The van der Waals surface area contributed by atoms with Crippen LogP contribution in [0.2, 0.25) is 0 Å². The Bertz CT molecular complexity index is 1150. The SMILES string of the molecule is CC(C)=CCC/C(C)=C/CC/C(C)=C/CN1C(=O)c2cccc(O)c2Nc2c(O)cc(C)cc21. The zero-order valence-corrected chi connectivity index (χ0v) is 20.9. The number of para-hydroxylation sites is 1. The molecule has 0 radical (unpaired) electrons. The molecule has 3 N–H and O–H groups in total. The number of phenols is 2. The topological polar surface area (TPSA) is 72.8 Å². The van der Waals surface area contributed by atoms with Gasteiger partial charge in [-0.3, -0.25) is 4.79 Å². The van der Waals surface area contributed by atoms with Gasteiger partial charge < -0.3 is 20.4 Å². The first-order chi connectivity index (χ1) is 16.2. The van der Waals surface area contributed by atoms with Crippen LogP contribution >= 0.6 is 0 Å². The van der Waals surface area contributed by atoms with Gasteiger partial charge in [0.05, 0.1) is 16.9 Å². The number of allylic oxidation sites excluding steroid dienone is 5. The van der Waals surface area contributed by atoms with Crippen molar-refractivity contribution in [1.29, 1.82) is 0 Å². The lowest BCUT2D eigenvalue weighted by atomic mass is 10.1. The van der Waals surface area contributed by atoms with Crippen molar-refractivity contribution in [3.05, 3.63) is 76.4 Å². The molecule has 1 aliphatic heterocycles. The normalized spacial score (nSPS) is 13.7. The zero-order chi connectivity index (χ0) is 24.8. The molecule has 0 atom stereocenters. The summed E-state index contributed by atoms with van der Waals surface area (Å²) < 4.78 is 0. The maximum absolute atomic E-state index is 13.5. The van der Waals surface area contributed by atoms with E-state index in [2.05, 4.69) is 51.2 Å². The van der Waals surface area contributed by atoms with Crippen LogP contribution in [0.1, 0.15) is 69.3 Å². The van der Waals surface area contributed by atoms with Gasteiger partial charge >= 0.3 is 0 Å². The van der Waals surface area contributed by atoms with Gasteiger partial charge in [-0.1, -0.05) is 41.0 Å². The van der Waals surface area contributed by atoms with Crippen molar-refractivity contribution in [2.24, 2.45) is 0 Å². The van der Waals surface area contributed by atoms with E-state index in [4.69, 9.17) is 0 Å². The fourth-order valence-electron chi connectivity index (χ4n) is 4.09. The third-order valence-corrected chi connectivity index (χ3v) is 6.04. The van der Waals surface area contributed by atoms with Crippen LogP contribution in [0.4, 0.5) is 17.1 Å². The van der Waals surface area contributed by atoms with Crippen molar-refractivity contribution in [3.8, 4) is 11.5 Å². The smallest absolute Gasteiger partial charge is 0.260 e. The summed E-state index contributed by atoms with van der Waals surface area (Å²) in [5, 5.41) is 24.1. The van der Waals surface area contributed by atoms with Crippen LogP contribution in [0, 0.1) is 6.92 Å². The van der Waals surface area contributed by atoms with Crippen molar-refractivity contribution < 1.29 is 15.0 Å². The summed E-state index contributed by atoms with van der Waals surface area (Å²) in [7, 11) is 0. The predicted molar refractivity (Wildman–Crippen MR) is 141 cm³/mol. The highest BCUT2D eigenvalue weighted by atomic mass is 16.3. The number of hydrogen-bond acceptors (Lipinski definition) is 4. The van der Waals surface area contributed by atoms with Gasteiger partial charge in [-0.05, 0) is 90.1 Å². The van der Waals surface area contributed by atoms with Crippen LogP contribution in [-0.4, -0.2) is 22.7 Å². The van der Waals surface area contributed by atoms with E-state index in [0.717, 1.165) is 31.2 Å². The highest BCUT2D eigenvalue weighted by Gasteiger charge is 2.29. The molecule has 1 heterocycles. The van der Waals surface area contributed by atoms with Crippen LogP contribution in [0.25, 0.3) is 0 Å². The lowest BCUT2D eigenvalue weighted by molar-refractivity contribution is 0.0991. The Kier molecular flexibility index (Phi) is 8.21. The molecule has 1 amide bonds. The van der Waals surface area contributed by atoms with E-state index in [9.17, 15) is 15.0 Å². The average Bonchev–Trinajstić information content (AvgIpc) is 2.87. The van der Waals surface area contributed by atoms with Gasteiger partial charge in [-0.25, -0.2) is 0 Å². The monoisotopic (exact) mass is 460 g/mol. The maximum atomic E-state index is 13.5. The zero-order valence-electron chi connectivity index (χ0n) is 20.9. The second-order valence-electron chi connectivity index (χ2n) is 9.38. The number of benzene rings is 2. The van der Waals surface area contributed by atoms with Crippen molar-refractivity contribution in [2.45, 2.75) is 60.3 Å². The van der Waals surface area contributed by atoms with E-state index in [1.165, 1.54) is 22.8 Å². The molecule has 0 saturated heterocycles. The minimum atomic E-state index is -0.221. The molecular formula is C29H36N2O3. The number of fused-ring (bicyclic) bond motifs is 2. The number of carbonyl (C=O) groups is 1. The Balaban J connectivity index is 1.80. The molecule has 5 nitrogen and oxygen atoms in total. The summed E-state index contributed by atoms with van der Waals surface area (Å²) in [6.45, 7) is 10.8. The molecular weight excluding hydrogens is 424 g/mol. The van der Waals surface area contributed by atoms with Crippen molar-refractivity contribution in [3.63, 3.8) is 0 Å². The molecule has 0 unspecified atom stereocenters. The molecule has 0 bridgehead atoms. The molecule has 0 spiro atoms. The van der Waals surface area contributed by atoms with Crippen molar-refractivity contribution in [2.75, 3.05) is 16.8 Å². The Morgan fingerprint density at radius 1 is 0.912 bits per heavy atom. The fraction of sp³-hybridized carbons (Fsp3) is 0.345. The molecule has 0 aliphatic carbocycles. The number of nitrogens with zero attached hydrogens (tertiary/aromatic N) is 1. The number of aromatic hydroxyl groups is 2. The second-order valence-corrected chi connectivity index (χ2v) is 9.38. The van der Waals surface area contributed by atoms with E-state index < -0.39 is 0 Å². The van der Waals surface area contributed by atoms with Gasteiger partial charge in [0.2, 0.25) is 0 Å². The quantitative estimate of drug-likeness (QED) is 0.281. The van der Waals surface area contributed by atoms with Crippen molar-refractivity contribution >= 4 is 23.0 Å². The molecule has 0 saturated carbocycles. The van der Waals surface area contributed by atoms with Crippen LogP contribution in [0.15, 0.2) is 65.3 Å². The molecule has 2 aromatic rings. The van der Waals surface area contributed by atoms with E-state index in [1.807, 2.05) is 13.0 Å². The number of anilines is 3. The molecule has 0 fully saturated rings. The Labute approximate surface area is 203 Å². The molecule has 2 aromatic carbocycles. The standard InChI is InChI=1S/C29H36N2O3/c1-19(2)9-6-10-20(3)11-7-12-21(4)15-16-31-24-17-22(5)18-26(33)28(24)30-27-23(29(31)34)13-8-14-25(27)32/h8-9,11,13-15,17-18,30,32-33H,6-7,10,12,16H2,1-5H3/b20-11+,21-15+. The van der Waals surface area contributed by atoms with Crippen LogP contribution in [0.5, 0.6) is 11.5 Å². The van der Waals surface area contributed by atoms with Gasteiger partial charge in [0.15, 0.2) is 0 Å². The maximum Gasteiger partial charge on any atom is 0.260 e. The van der Waals surface area contributed by atoms with E-state index >= 15 is 0 Å². The number of rotatable bonds is 8. The first kappa shape index (κ1) is 25.2. The Hall–Kier alpha value is -3.47. The van der Waals surface area contributed by atoms with Gasteiger partial charge in [0, 0.05) is 6.54 Å². The number of nitrogens with one attached hydrogen (secondary N) is 1. The summed E-state index contributed by atoms with van der Waals surface area (Å²) in [4.78, 5) is 15.1. The van der Waals surface area contributed by atoms with Crippen LogP contribution in [-0.2, 0) is 0 Å². The number of hydrogen-bond donors (Lipinski definition) is 3. The highest BCUT2D eigenvalue weighted by Crippen LogP contribution is 2.44. The highest BCUT2D eigenvalue weighted by molar-refractivity contribution is 6.15. The third-order valence-electron chi connectivity index (χ3n) is 6.04. The number of phenolic OH excluding ortho intramolecular Hbond substituents is 2. The third kappa shape index (κ3) is 6.10. The van der Waals surface area contributed by atoms with Gasteiger partial charge in [-0.15, -0.1) is 0 Å². The Morgan fingerprint density at radius 3 is 2.29 bits per heavy atom. The summed E-state index contributed by atoms with van der Waals surface area (Å²) in [5.41, 5.74) is 6.49. The van der Waals surface area contributed by atoms with Crippen LogP contribution < -0.4 is 10.2 Å². The summed E-state index contributed by atoms with van der Waals surface area (Å²) in [6.07, 6.45) is 10.7. The van der Waals surface area contributed by atoms with Gasteiger partial charge in [0.25, 0.3) is 5.91 Å². The number of amides is 1.